The summed E-state index contributed by atoms with van der Waals surface area (Å²) in [5, 5.41) is 4.69. The first-order valence-corrected chi connectivity index (χ1v) is 8.23. The molecule has 8 heteroatoms. The van der Waals surface area contributed by atoms with Gasteiger partial charge < -0.3 is 10.1 Å². The molecule has 24 heavy (non-hydrogen) atoms. The Hall–Kier alpha value is -1.89. The minimum atomic E-state index is -0.332. The summed E-state index contributed by atoms with van der Waals surface area (Å²) < 4.78 is 5.10. The van der Waals surface area contributed by atoms with Gasteiger partial charge in [0.15, 0.2) is 0 Å². The van der Waals surface area contributed by atoms with Crippen molar-refractivity contribution in [2.45, 2.75) is 13.8 Å². The average Bonchev–Trinajstić information content (AvgIpc) is 2.86. The maximum Gasteiger partial charge on any atom is 0.348 e. The van der Waals surface area contributed by atoms with Gasteiger partial charge in [-0.25, -0.2) is 14.8 Å². The van der Waals surface area contributed by atoms with Crippen molar-refractivity contribution < 1.29 is 9.53 Å². The van der Waals surface area contributed by atoms with Gasteiger partial charge in [-0.15, -0.1) is 23.7 Å². The predicted molar refractivity (Wildman–Crippen MR) is 100 cm³/mol. The number of fused-ring (bicyclic) bond motifs is 1. The van der Waals surface area contributed by atoms with E-state index in [9.17, 15) is 4.79 Å². The molecule has 1 aromatic carbocycles. The third-order valence-electron chi connectivity index (χ3n) is 3.28. The van der Waals surface area contributed by atoms with Gasteiger partial charge in [-0.1, -0.05) is 17.7 Å². The Morgan fingerprint density at radius 1 is 1.38 bits per heavy atom. The Balaban J connectivity index is 0.00000208. The number of esters is 1. The lowest BCUT2D eigenvalue weighted by Crippen LogP contribution is -2.03. The second-order valence-electron chi connectivity index (χ2n) is 4.81. The van der Waals surface area contributed by atoms with Gasteiger partial charge >= 0.3 is 5.97 Å². The van der Waals surface area contributed by atoms with Crippen LogP contribution in [0.2, 0.25) is 5.02 Å². The zero-order valence-corrected chi connectivity index (χ0v) is 15.4. The van der Waals surface area contributed by atoms with Crippen molar-refractivity contribution in [1.29, 1.82) is 0 Å². The van der Waals surface area contributed by atoms with Crippen molar-refractivity contribution in [3.63, 3.8) is 0 Å². The van der Waals surface area contributed by atoms with Crippen LogP contribution in [0, 0.1) is 6.92 Å². The molecule has 2 heterocycles. The highest BCUT2D eigenvalue weighted by Crippen LogP contribution is 2.35. The number of anilines is 2. The fourth-order valence-corrected chi connectivity index (χ4v) is 3.49. The predicted octanol–water partition coefficient (Wildman–Crippen LogP) is 5.00. The fourth-order valence-electron chi connectivity index (χ4n) is 2.26. The molecule has 3 aromatic rings. The molecule has 3 rings (SSSR count). The second-order valence-corrected chi connectivity index (χ2v) is 6.25. The van der Waals surface area contributed by atoms with Crippen molar-refractivity contribution in [2.24, 2.45) is 0 Å². The summed E-state index contributed by atoms with van der Waals surface area (Å²) in [6.45, 7) is 4.00. The molecular formula is C16H15Cl2N3O2S. The summed E-state index contributed by atoms with van der Waals surface area (Å²) in [5.41, 5.74) is 1.63. The molecule has 0 atom stereocenters. The van der Waals surface area contributed by atoms with Gasteiger partial charge in [0.2, 0.25) is 0 Å². The monoisotopic (exact) mass is 383 g/mol. The number of halogens is 2. The molecule has 126 valence electrons. The van der Waals surface area contributed by atoms with Crippen LogP contribution in [-0.2, 0) is 4.74 Å². The summed E-state index contributed by atoms with van der Waals surface area (Å²) in [6, 6.07) is 7.36. The van der Waals surface area contributed by atoms with Crippen molar-refractivity contribution in [1.82, 2.24) is 9.97 Å². The highest BCUT2D eigenvalue weighted by atomic mass is 35.5. The van der Waals surface area contributed by atoms with Gasteiger partial charge in [-0.2, -0.15) is 0 Å². The second kappa shape index (κ2) is 7.79. The number of nitrogens with one attached hydrogen (secondary N) is 1. The number of aromatic nitrogens is 2. The van der Waals surface area contributed by atoms with E-state index >= 15 is 0 Å². The van der Waals surface area contributed by atoms with E-state index in [1.807, 2.05) is 25.1 Å². The lowest BCUT2D eigenvalue weighted by Gasteiger charge is -2.07. The van der Waals surface area contributed by atoms with Gasteiger partial charge in [-0.3, -0.25) is 0 Å². The van der Waals surface area contributed by atoms with Crippen LogP contribution in [0.5, 0.6) is 0 Å². The molecule has 0 bridgehead atoms. The van der Waals surface area contributed by atoms with Crippen LogP contribution >= 0.6 is 35.3 Å². The number of ether oxygens (including phenoxy) is 1. The SMILES string of the molecule is CCOC(=O)c1sc2ncnc(Nc3cccc(Cl)c3)c2c1C.Cl. The summed E-state index contributed by atoms with van der Waals surface area (Å²) in [6.07, 6.45) is 1.47. The molecular weight excluding hydrogens is 369 g/mol. The molecule has 0 saturated carbocycles. The highest BCUT2D eigenvalue weighted by Gasteiger charge is 2.20. The van der Waals surface area contributed by atoms with Crippen LogP contribution in [-0.4, -0.2) is 22.5 Å². The minimum absolute atomic E-state index is 0. The molecule has 0 unspecified atom stereocenters. The lowest BCUT2D eigenvalue weighted by molar-refractivity contribution is 0.0531. The summed E-state index contributed by atoms with van der Waals surface area (Å²) >= 11 is 7.32. The molecule has 0 spiro atoms. The Morgan fingerprint density at radius 3 is 2.88 bits per heavy atom. The van der Waals surface area contributed by atoms with Crippen LogP contribution in [0.3, 0.4) is 0 Å². The Labute approximate surface area is 154 Å². The molecule has 0 fully saturated rings. The molecule has 2 aromatic heterocycles. The van der Waals surface area contributed by atoms with Gasteiger partial charge in [0.1, 0.15) is 21.9 Å². The first kappa shape index (κ1) is 18.4. The van der Waals surface area contributed by atoms with Crippen molar-refractivity contribution in [2.75, 3.05) is 11.9 Å². The van der Waals surface area contributed by atoms with Gasteiger partial charge in [0.25, 0.3) is 0 Å². The maximum atomic E-state index is 12.1. The minimum Gasteiger partial charge on any atom is -0.462 e. The Kier molecular flexibility index (Phi) is 5.99. The fraction of sp³-hybridized carbons (Fsp3) is 0.188. The van der Waals surface area contributed by atoms with Crippen LogP contribution < -0.4 is 5.32 Å². The van der Waals surface area contributed by atoms with E-state index in [0.29, 0.717) is 22.3 Å². The first-order valence-electron chi connectivity index (χ1n) is 7.04. The molecule has 0 aliphatic heterocycles. The number of benzene rings is 1. The van der Waals surface area contributed by atoms with Gasteiger partial charge in [-0.05, 0) is 37.6 Å². The molecule has 5 nitrogen and oxygen atoms in total. The third kappa shape index (κ3) is 3.61. The van der Waals surface area contributed by atoms with E-state index in [0.717, 1.165) is 21.5 Å². The molecule has 0 radical (unpaired) electrons. The van der Waals surface area contributed by atoms with Crippen molar-refractivity contribution in [3.8, 4) is 0 Å². The number of carbonyl (C=O) groups is 1. The standard InChI is InChI=1S/C16H14ClN3O2S.ClH/c1-3-22-16(21)13-9(2)12-14(18-8-19-15(12)23-13)20-11-6-4-5-10(17)7-11;/h4-8H,3H2,1-2H3,(H,18,19,20);1H. The van der Waals surface area contributed by atoms with Crippen molar-refractivity contribution >= 4 is 63.0 Å². The van der Waals surface area contributed by atoms with Crippen molar-refractivity contribution in [3.05, 3.63) is 46.1 Å². The number of nitrogens with zero attached hydrogens (tertiary/aromatic N) is 2. The van der Waals surface area contributed by atoms with E-state index in [-0.39, 0.29) is 18.4 Å². The van der Waals surface area contributed by atoms with E-state index in [2.05, 4.69) is 15.3 Å². The number of aryl methyl sites for hydroxylation is 1. The van der Waals surface area contributed by atoms with Crippen LogP contribution in [0.15, 0.2) is 30.6 Å². The van der Waals surface area contributed by atoms with Crippen LogP contribution in [0.25, 0.3) is 10.2 Å². The van der Waals surface area contributed by atoms with Gasteiger partial charge in [0.05, 0.1) is 12.0 Å². The molecule has 0 amide bonds. The zero-order chi connectivity index (χ0) is 16.4. The van der Waals surface area contributed by atoms with E-state index < -0.39 is 0 Å². The van der Waals surface area contributed by atoms with Crippen LogP contribution in [0.4, 0.5) is 11.5 Å². The number of thiophene rings is 1. The maximum absolute atomic E-state index is 12.1. The molecule has 1 N–H and O–H groups in total. The van der Waals surface area contributed by atoms with E-state index in [4.69, 9.17) is 16.3 Å². The number of hydrogen-bond acceptors (Lipinski definition) is 6. The van der Waals surface area contributed by atoms with E-state index in [1.165, 1.54) is 17.7 Å². The highest BCUT2D eigenvalue weighted by molar-refractivity contribution is 7.20. The Bertz CT molecular complexity index is 883. The molecule has 0 aliphatic rings. The Morgan fingerprint density at radius 2 is 2.17 bits per heavy atom. The normalized spacial score (nSPS) is 10.3. The molecule has 0 aliphatic carbocycles. The molecule has 0 saturated heterocycles. The lowest BCUT2D eigenvalue weighted by atomic mass is 10.2. The largest absolute Gasteiger partial charge is 0.462 e. The number of rotatable bonds is 4. The van der Waals surface area contributed by atoms with Gasteiger partial charge in [0, 0.05) is 10.7 Å². The third-order valence-corrected chi connectivity index (χ3v) is 4.69. The summed E-state index contributed by atoms with van der Waals surface area (Å²) in [7, 11) is 0. The number of hydrogen-bond donors (Lipinski definition) is 1. The number of carbonyl (C=O) groups excluding carboxylic acids is 1. The van der Waals surface area contributed by atoms with E-state index in [1.54, 1.807) is 13.0 Å². The summed E-state index contributed by atoms with van der Waals surface area (Å²) in [5.74, 6) is 0.309. The first-order chi connectivity index (χ1) is 11.1. The summed E-state index contributed by atoms with van der Waals surface area (Å²) in [4.78, 5) is 21.9. The zero-order valence-electron chi connectivity index (χ0n) is 13.0. The topological polar surface area (TPSA) is 64.1 Å². The quantitative estimate of drug-likeness (QED) is 0.642. The average molecular weight is 384 g/mol. The smallest absolute Gasteiger partial charge is 0.348 e. The van der Waals surface area contributed by atoms with Crippen LogP contribution in [0.1, 0.15) is 22.2 Å².